The minimum Gasteiger partial charge on any atom is -0.394 e. The van der Waals surface area contributed by atoms with E-state index in [2.05, 4.69) is 153 Å². The molecule has 0 aliphatic rings. The largest absolute Gasteiger partial charge is 0.394 e. The SMILES string of the molecule is CC/C=C\C/C=C\C/C=C\C/C=C\C/C=C\C/C=C\C/C=C\C/C=C\C/C=C\CCCCCCCCCC(=O)NC(CO)C(O)/C=C/CC/C=C/CC/C=C/CC. The van der Waals surface area contributed by atoms with Gasteiger partial charge < -0.3 is 15.5 Å². The molecule has 0 spiro atoms. The van der Waals surface area contributed by atoms with Crippen LogP contribution in [0.2, 0.25) is 0 Å². The Morgan fingerprint density at radius 1 is 0.421 bits per heavy atom. The van der Waals surface area contributed by atoms with Crippen LogP contribution in [0.4, 0.5) is 0 Å². The van der Waals surface area contributed by atoms with Gasteiger partial charge in [0.15, 0.2) is 0 Å². The Hall–Kier alpha value is -3.73. The van der Waals surface area contributed by atoms with Crippen molar-refractivity contribution in [1.29, 1.82) is 0 Å². The lowest BCUT2D eigenvalue weighted by atomic mass is 10.1. The van der Waals surface area contributed by atoms with Crippen LogP contribution in [0.15, 0.2) is 146 Å². The predicted octanol–water partition coefficient (Wildman–Crippen LogP) is 14.5. The first-order valence-electron chi connectivity index (χ1n) is 22.5. The molecule has 0 aromatic heterocycles. The molecule has 3 N–H and O–H groups in total. The molecule has 0 bridgehead atoms. The van der Waals surface area contributed by atoms with E-state index < -0.39 is 12.1 Å². The molecule has 0 aromatic rings. The average Bonchev–Trinajstić information content (AvgIpc) is 3.22. The maximum atomic E-state index is 12.3. The number of aliphatic hydroxyl groups is 2. The summed E-state index contributed by atoms with van der Waals surface area (Å²) in [6, 6.07) is -0.660. The van der Waals surface area contributed by atoms with Gasteiger partial charge in [0, 0.05) is 6.42 Å². The van der Waals surface area contributed by atoms with Crippen molar-refractivity contribution in [2.45, 2.75) is 174 Å². The number of carbonyl (C=O) groups is 1. The standard InChI is InChI=1S/C53H83NO3/c1-3-5-7-9-11-13-15-16-17-18-19-20-21-22-23-24-25-26-27-28-29-30-31-32-33-34-35-36-37-38-39-41-43-45-47-49-53(57)54-51(50-55)52(56)48-46-44-42-40-14-12-10-8-6-4-2/h5-8,11,13-14,16-17,19-20,22-23,25-26,28-29,31-32,34-35,40,46,48,51-52,55-56H,3-4,9-10,12,15,18,21,24,27,30,33,36-39,41-45,47,49-50H2,1-2H3,(H,54,57)/b7-5-,8-6+,13-11-,17-16-,20-19-,23-22-,26-25-,29-28-,32-31-,35-34-,40-14+,48-46+. The lowest BCUT2D eigenvalue weighted by Crippen LogP contribution is -2.45. The maximum Gasteiger partial charge on any atom is 0.220 e. The minimum atomic E-state index is -0.883. The van der Waals surface area contributed by atoms with E-state index in [0.717, 1.165) is 116 Å². The lowest BCUT2D eigenvalue weighted by Gasteiger charge is -2.19. The van der Waals surface area contributed by atoms with Crippen LogP contribution < -0.4 is 5.32 Å². The quantitative estimate of drug-likeness (QED) is 0.0432. The maximum absolute atomic E-state index is 12.3. The number of carbonyl (C=O) groups excluding carboxylic acids is 1. The Morgan fingerprint density at radius 3 is 1.16 bits per heavy atom. The van der Waals surface area contributed by atoms with Crippen LogP contribution >= 0.6 is 0 Å². The van der Waals surface area contributed by atoms with Gasteiger partial charge in [0.05, 0.1) is 18.8 Å². The van der Waals surface area contributed by atoms with Crippen molar-refractivity contribution in [2.75, 3.05) is 6.61 Å². The van der Waals surface area contributed by atoms with E-state index in [9.17, 15) is 15.0 Å². The number of unbranched alkanes of at least 4 members (excludes halogenated alkanes) is 9. The normalized spacial score (nSPS) is 14.4. The third-order valence-electron chi connectivity index (χ3n) is 9.05. The van der Waals surface area contributed by atoms with Crippen LogP contribution in [-0.2, 0) is 4.79 Å². The smallest absolute Gasteiger partial charge is 0.220 e. The molecule has 0 radical (unpaired) electrons. The van der Waals surface area contributed by atoms with Gasteiger partial charge in [-0.25, -0.2) is 0 Å². The Bertz CT molecular complexity index is 1250. The van der Waals surface area contributed by atoms with Crippen LogP contribution in [0, 0.1) is 0 Å². The second-order valence-corrected chi connectivity index (χ2v) is 14.3. The van der Waals surface area contributed by atoms with Crippen LogP contribution in [0.1, 0.15) is 162 Å². The number of allylic oxidation sites excluding steroid dienone is 23. The molecule has 0 heterocycles. The third-order valence-corrected chi connectivity index (χ3v) is 9.05. The first-order valence-corrected chi connectivity index (χ1v) is 22.5. The van der Waals surface area contributed by atoms with Crippen LogP contribution in [-0.4, -0.2) is 34.9 Å². The molecule has 4 heteroatoms. The zero-order valence-corrected chi connectivity index (χ0v) is 36.3. The molecule has 2 atom stereocenters. The fourth-order valence-corrected chi connectivity index (χ4v) is 5.68. The van der Waals surface area contributed by atoms with E-state index in [0.29, 0.717) is 6.42 Å². The summed E-state index contributed by atoms with van der Waals surface area (Å²) in [4.78, 5) is 12.3. The number of hydrogen-bond donors (Lipinski definition) is 3. The lowest BCUT2D eigenvalue weighted by molar-refractivity contribution is -0.123. The number of amides is 1. The van der Waals surface area contributed by atoms with Gasteiger partial charge in [-0.2, -0.15) is 0 Å². The fourth-order valence-electron chi connectivity index (χ4n) is 5.68. The molecule has 0 aromatic carbocycles. The van der Waals surface area contributed by atoms with Gasteiger partial charge in [-0.05, 0) is 109 Å². The van der Waals surface area contributed by atoms with Crippen molar-refractivity contribution >= 4 is 5.91 Å². The van der Waals surface area contributed by atoms with Gasteiger partial charge >= 0.3 is 0 Å². The molecule has 0 fully saturated rings. The van der Waals surface area contributed by atoms with Crippen molar-refractivity contribution in [2.24, 2.45) is 0 Å². The molecule has 57 heavy (non-hydrogen) atoms. The number of nitrogens with one attached hydrogen (secondary N) is 1. The fraction of sp³-hybridized carbons (Fsp3) is 0.528. The Labute approximate surface area is 351 Å². The second kappa shape index (κ2) is 46.7. The third kappa shape index (κ3) is 43.2. The minimum absolute atomic E-state index is 0.100. The molecule has 0 aliphatic carbocycles. The first kappa shape index (κ1) is 53.3. The molecule has 4 nitrogen and oxygen atoms in total. The van der Waals surface area contributed by atoms with Gasteiger partial charge in [-0.1, -0.05) is 192 Å². The highest BCUT2D eigenvalue weighted by Gasteiger charge is 2.17. The summed E-state index contributed by atoms with van der Waals surface area (Å²) in [5.74, 6) is -0.100. The molecule has 0 rings (SSSR count). The van der Waals surface area contributed by atoms with Crippen molar-refractivity contribution in [1.82, 2.24) is 5.32 Å². The van der Waals surface area contributed by atoms with Gasteiger partial charge in [-0.3, -0.25) is 4.79 Å². The molecule has 318 valence electrons. The van der Waals surface area contributed by atoms with Crippen molar-refractivity contribution < 1.29 is 15.0 Å². The molecule has 0 saturated heterocycles. The van der Waals surface area contributed by atoms with E-state index in [1.165, 1.54) is 25.7 Å². The summed E-state index contributed by atoms with van der Waals surface area (Å²) in [7, 11) is 0. The molecular weight excluding hydrogens is 699 g/mol. The number of aliphatic hydroxyl groups excluding tert-OH is 2. The van der Waals surface area contributed by atoms with E-state index in [4.69, 9.17) is 0 Å². The number of rotatable bonds is 38. The summed E-state index contributed by atoms with van der Waals surface area (Å²) < 4.78 is 0. The van der Waals surface area contributed by atoms with E-state index in [1.807, 2.05) is 6.08 Å². The molecule has 0 aliphatic heterocycles. The van der Waals surface area contributed by atoms with Crippen LogP contribution in [0.3, 0.4) is 0 Å². The summed E-state index contributed by atoms with van der Waals surface area (Å²) in [6.07, 6.45) is 75.4. The zero-order chi connectivity index (χ0) is 41.4. The molecule has 2 unspecified atom stereocenters. The summed E-state index contributed by atoms with van der Waals surface area (Å²) in [5, 5.41) is 22.8. The zero-order valence-electron chi connectivity index (χ0n) is 36.3. The molecule has 0 saturated carbocycles. The Morgan fingerprint density at radius 2 is 0.737 bits per heavy atom. The predicted molar refractivity (Wildman–Crippen MR) is 252 cm³/mol. The molecular formula is C53H83NO3. The summed E-state index contributed by atoms with van der Waals surface area (Å²) in [6.45, 7) is 4.02. The van der Waals surface area contributed by atoms with Gasteiger partial charge in [0.25, 0.3) is 0 Å². The second-order valence-electron chi connectivity index (χ2n) is 14.3. The highest BCUT2D eigenvalue weighted by atomic mass is 16.3. The van der Waals surface area contributed by atoms with Gasteiger partial charge in [-0.15, -0.1) is 0 Å². The number of hydrogen-bond acceptors (Lipinski definition) is 3. The Kier molecular flexibility index (Phi) is 43.6. The topological polar surface area (TPSA) is 69.6 Å². The summed E-state index contributed by atoms with van der Waals surface area (Å²) >= 11 is 0. The van der Waals surface area contributed by atoms with E-state index in [-0.39, 0.29) is 12.5 Å². The molecule has 1 amide bonds. The van der Waals surface area contributed by atoms with Crippen molar-refractivity contribution in [3.63, 3.8) is 0 Å². The Balaban J connectivity index is 3.69. The van der Waals surface area contributed by atoms with E-state index >= 15 is 0 Å². The first-order chi connectivity index (χ1) is 28.2. The van der Waals surface area contributed by atoms with Gasteiger partial charge in [0.1, 0.15) is 0 Å². The summed E-state index contributed by atoms with van der Waals surface area (Å²) in [5.41, 5.74) is 0. The van der Waals surface area contributed by atoms with Crippen LogP contribution in [0.5, 0.6) is 0 Å². The van der Waals surface area contributed by atoms with Crippen molar-refractivity contribution in [3.05, 3.63) is 146 Å². The van der Waals surface area contributed by atoms with Gasteiger partial charge in [0.2, 0.25) is 5.91 Å². The van der Waals surface area contributed by atoms with Crippen LogP contribution in [0.25, 0.3) is 0 Å². The monoisotopic (exact) mass is 782 g/mol. The average molecular weight is 782 g/mol. The van der Waals surface area contributed by atoms with E-state index in [1.54, 1.807) is 6.08 Å². The highest BCUT2D eigenvalue weighted by molar-refractivity contribution is 5.76. The van der Waals surface area contributed by atoms with Crippen molar-refractivity contribution in [3.8, 4) is 0 Å². The highest BCUT2D eigenvalue weighted by Crippen LogP contribution is 2.11.